The molecule has 1 heterocycles. The second kappa shape index (κ2) is 6.68. The molecule has 0 aliphatic carbocycles. The number of amides is 1. The summed E-state index contributed by atoms with van der Waals surface area (Å²) in [7, 11) is 0. The molecule has 2 aromatic rings. The molecular weight excluding hydrogens is 262 g/mol. The Morgan fingerprint density at radius 3 is 2.43 bits per heavy atom. The Morgan fingerprint density at radius 2 is 1.76 bits per heavy atom. The maximum absolute atomic E-state index is 12.4. The maximum atomic E-state index is 12.4. The van der Waals surface area contributed by atoms with E-state index in [9.17, 15) is 4.79 Å². The van der Waals surface area contributed by atoms with Crippen molar-refractivity contribution in [2.45, 2.75) is 20.8 Å². The van der Waals surface area contributed by atoms with E-state index in [2.05, 4.69) is 31.1 Å². The molecule has 0 aliphatic rings. The number of benzene rings is 1. The normalized spacial score (nSPS) is 11.6. The van der Waals surface area contributed by atoms with Crippen LogP contribution in [0.4, 0.5) is 5.69 Å². The van der Waals surface area contributed by atoms with Crippen molar-refractivity contribution in [3.8, 4) is 0 Å². The summed E-state index contributed by atoms with van der Waals surface area (Å²) < 4.78 is 0.810. The van der Waals surface area contributed by atoms with Crippen molar-refractivity contribution in [3.63, 3.8) is 0 Å². The SMILES string of the molecule is CC[N+](CC)(CC)CC(=O)Nc1cccc2cccnc12. The summed E-state index contributed by atoms with van der Waals surface area (Å²) in [5.41, 5.74) is 1.63. The fourth-order valence-corrected chi connectivity index (χ4v) is 2.71. The Balaban J connectivity index is 2.19. The van der Waals surface area contributed by atoms with Crippen molar-refractivity contribution in [1.82, 2.24) is 4.98 Å². The molecule has 0 spiro atoms. The van der Waals surface area contributed by atoms with Gasteiger partial charge < -0.3 is 9.80 Å². The number of nitrogens with one attached hydrogen (secondary N) is 1. The summed E-state index contributed by atoms with van der Waals surface area (Å²) in [4.78, 5) is 16.8. The lowest BCUT2D eigenvalue weighted by atomic mass is 10.2. The fraction of sp³-hybridized carbons (Fsp3) is 0.412. The van der Waals surface area contributed by atoms with Gasteiger partial charge in [-0.15, -0.1) is 0 Å². The molecule has 0 atom stereocenters. The second-order valence-electron chi connectivity index (χ2n) is 5.38. The molecule has 1 amide bonds. The van der Waals surface area contributed by atoms with Gasteiger partial charge >= 0.3 is 0 Å². The number of hydrogen-bond acceptors (Lipinski definition) is 2. The molecule has 0 bridgehead atoms. The largest absolute Gasteiger partial charge is 0.319 e. The predicted molar refractivity (Wildman–Crippen MR) is 87.1 cm³/mol. The Labute approximate surface area is 126 Å². The van der Waals surface area contributed by atoms with E-state index in [1.54, 1.807) is 6.20 Å². The molecule has 4 nitrogen and oxygen atoms in total. The van der Waals surface area contributed by atoms with Crippen LogP contribution in [0.25, 0.3) is 10.9 Å². The number of anilines is 1. The molecule has 0 aliphatic heterocycles. The molecular formula is C17H24N3O+. The van der Waals surface area contributed by atoms with Gasteiger partial charge in [-0.25, -0.2) is 0 Å². The van der Waals surface area contributed by atoms with E-state index < -0.39 is 0 Å². The summed E-state index contributed by atoms with van der Waals surface area (Å²) >= 11 is 0. The van der Waals surface area contributed by atoms with Gasteiger partial charge in [0, 0.05) is 11.6 Å². The average Bonchev–Trinajstić information content (AvgIpc) is 2.53. The first-order valence-corrected chi connectivity index (χ1v) is 7.63. The number of hydrogen-bond donors (Lipinski definition) is 1. The van der Waals surface area contributed by atoms with Crippen molar-refractivity contribution in [3.05, 3.63) is 36.5 Å². The third-order valence-electron chi connectivity index (χ3n) is 4.40. The number of nitrogens with zero attached hydrogens (tertiary/aromatic N) is 2. The number of pyridine rings is 1. The fourth-order valence-electron chi connectivity index (χ4n) is 2.71. The van der Waals surface area contributed by atoms with E-state index in [-0.39, 0.29) is 5.91 Å². The van der Waals surface area contributed by atoms with E-state index in [1.807, 2.05) is 30.3 Å². The highest BCUT2D eigenvalue weighted by atomic mass is 16.2. The Hall–Kier alpha value is -1.94. The number of fused-ring (bicyclic) bond motifs is 1. The Kier molecular flexibility index (Phi) is 4.91. The quantitative estimate of drug-likeness (QED) is 0.829. The first-order valence-electron chi connectivity index (χ1n) is 7.63. The lowest BCUT2D eigenvalue weighted by molar-refractivity contribution is -0.915. The second-order valence-corrected chi connectivity index (χ2v) is 5.38. The van der Waals surface area contributed by atoms with Gasteiger partial charge in [-0.2, -0.15) is 0 Å². The van der Waals surface area contributed by atoms with Gasteiger partial charge in [-0.3, -0.25) is 9.78 Å². The third kappa shape index (κ3) is 3.39. The topological polar surface area (TPSA) is 42.0 Å². The molecule has 0 radical (unpaired) electrons. The molecule has 112 valence electrons. The molecule has 1 N–H and O–H groups in total. The van der Waals surface area contributed by atoms with Crippen LogP contribution in [-0.2, 0) is 4.79 Å². The molecule has 0 unspecified atom stereocenters. The number of quaternary nitrogens is 1. The molecule has 1 aromatic heterocycles. The highest BCUT2D eigenvalue weighted by molar-refractivity contribution is 6.00. The Morgan fingerprint density at radius 1 is 1.10 bits per heavy atom. The van der Waals surface area contributed by atoms with E-state index in [4.69, 9.17) is 0 Å². The number of likely N-dealkylation sites (N-methyl/N-ethyl adjacent to an activating group) is 1. The highest BCUT2D eigenvalue weighted by Gasteiger charge is 2.24. The molecule has 1 aromatic carbocycles. The summed E-state index contributed by atoms with van der Waals surface area (Å²) in [5, 5.41) is 4.07. The lowest BCUT2D eigenvalue weighted by Crippen LogP contribution is -2.51. The summed E-state index contributed by atoms with van der Waals surface area (Å²) in [5.74, 6) is 0.0544. The number of rotatable bonds is 6. The van der Waals surface area contributed by atoms with Gasteiger partial charge in [-0.1, -0.05) is 18.2 Å². The standard InChI is InChI=1S/C17H23N3O/c1-4-20(5-2,6-3)13-16(21)19-15-11-7-9-14-10-8-12-18-17(14)15/h7-12H,4-6,13H2,1-3H3/p+1. The predicted octanol–water partition coefficient (Wildman–Crippen LogP) is 3.05. The summed E-state index contributed by atoms with van der Waals surface area (Å²) in [6, 6.07) is 9.76. The van der Waals surface area contributed by atoms with Gasteiger partial charge in [0.1, 0.15) is 0 Å². The van der Waals surface area contributed by atoms with Crippen molar-refractivity contribution in [1.29, 1.82) is 0 Å². The molecule has 0 saturated carbocycles. The minimum atomic E-state index is 0.0544. The van der Waals surface area contributed by atoms with Crippen LogP contribution in [0.1, 0.15) is 20.8 Å². The third-order valence-corrected chi connectivity index (χ3v) is 4.40. The smallest absolute Gasteiger partial charge is 0.279 e. The van der Waals surface area contributed by atoms with E-state index in [1.165, 1.54) is 0 Å². The molecule has 4 heteroatoms. The van der Waals surface area contributed by atoms with Gasteiger partial charge in [0.25, 0.3) is 5.91 Å². The van der Waals surface area contributed by atoms with Crippen LogP contribution in [0.5, 0.6) is 0 Å². The first kappa shape index (κ1) is 15.4. The highest BCUT2D eigenvalue weighted by Crippen LogP contribution is 2.20. The monoisotopic (exact) mass is 286 g/mol. The van der Waals surface area contributed by atoms with Crippen LogP contribution in [-0.4, -0.2) is 41.6 Å². The van der Waals surface area contributed by atoms with Crippen LogP contribution in [0.3, 0.4) is 0 Å². The first-order chi connectivity index (χ1) is 10.1. The lowest BCUT2D eigenvalue weighted by Gasteiger charge is -2.34. The van der Waals surface area contributed by atoms with Gasteiger partial charge in [0.2, 0.25) is 0 Å². The van der Waals surface area contributed by atoms with Crippen LogP contribution in [0.2, 0.25) is 0 Å². The van der Waals surface area contributed by atoms with Crippen LogP contribution >= 0.6 is 0 Å². The maximum Gasteiger partial charge on any atom is 0.279 e. The van der Waals surface area contributed by atoms with Crippen LogP contribution in [0, 0.1) is 0 Å². The number of carbonyl (C=O) groups is 1. The van der Waals surface area contributed by atoms with E-state index >= 15 is 0 Å². The van der Waals surface area contributed by atoms with Gasteiger partial charge in [0.05, 0.1) is 30.8 Å². The zero-order chi connectivity index (χ0) is 15.3. The Bertz CT molecular complexity index is 607. The van der Waals surface area contributed by atoms with E-state index in [0.29, 0.717) is 6.54 Å². The van der Waals surface area contributed by atoms with Gasteiger partial charge in [0.15, 0.2) is 6.54 Å². The average molecular weight is 286 g/mol. The number of carbonyl (C=O) groups excluding carboxylic acids is 1. The van der Waals surface area contributed by atoms with Crippen LogP contribution < -0.4 is 5.32 Å². The van der Waals surface area contributed by atoms with Crippen LogP contribution in [0.15, 0.2) is 36.5 Å². The molecule has 0 fully saturated rings. The minimum absolute atomic E-state index is 0.0544. The van der Waals surface area contributed by atoms with E-state index in [0.717, 1.165) is 40.7 Å². The minimum Gasteiger partial charge on any atom is -0.319 e. The molecule has 0 saturated heterocycles. The number of para-hydroxylation sites is 1. The van der Waals surface area contributed by atoms with Crippen molar-refractivity contribution >= 4 is 22.5 Å². The zero-order valence-corrected chi connectivity index (χ0v) is 13.1. The van der Waals surface area contributed by atoms with Crippen molar-refractivity contribution in [2.75, 3.05) is 31.5 Å². The summed E-state index contributed by atoms with van der Waals surface area (Å²) in [6.07, 6.45) is 1.75. The van der Waals surface area contributed by atoms with Gasteiger partial charge in [-0.05, 0) is 32.9 Å². The van der Waals surface area contributed by atoms with Crippen molar-refractivity contribution < 1.29 is 9.28 Å². The molecule has 2 rings (SSSR count). The summed E-state index contributed by atoms with van der Waals surface area (Å²) in [6.45, 7) is 9.82. The molecule has 21 heavy (non-hydrogen) atoms. The number of aromatic nitrogens is 1. The van der Waals surface area contributed by atoms with Crippen molar-refractivity contribution in [2.24, 2.45) is 0 Å². The zero-order valence-electron chi connectivity index (χ0n) is 13.1.